The van der Waals surface area contributed by atoms with Crippen LogP contribution in [0.15, 0.2) is 47.5 Å². The van der Waals surface area contributed by atoms with Crippen molar-refractivity contribution in [3.05, 3.63) is 64.8 Å². The number of ether oxygens (including phenoxy) is 2. The van der Waals surface area contributed by atoms with Crippen LogP contribution in [0, 0.1) is 18.3 Å². The SMILES string of the molecule is COc1ccc(CN=C(N)NCCCc2nn(-c3ccc(C)cc3)c(N)c2C#N)cc1OC.I. The highest BCUT2D eigenvalue weighted by molar-refractivity contribution is 14.0. The molecule has 10 heteroatoms. The molecule has 0 atom stereocenters. The second-order valence-electron chi connectivity index (χ2n) is 7.49. The maximum absolute atomic E-state index is 9.54. The summed E-state index contributed by atoms with van der Waals surface area (Å²) in [4.78, 5) is 4.36. The minimum absolute atomic E-state index is 0. The van der Waals surface area contributed by atoms with E-state index < -0.39 is 0 Å². The summed E-state index contributed by atoms with van der Waals surface area (Å²) in [5.74, 6) is 2.00. The fraction of sp³-hybridized carbons (Fsp3) is 0.292. The lowest BCUT2D eigenvalue weighted by Gasteiger charge is -2.09. The Labute approximate surface area is 216 Å². The van der Waals surface area contributed by atoms with Gasteiger partial charge in [0.25, 0.3) is 0 Å². The standard InChI is InChI=1S/C24H29N7O2.HI/c1-16-6-9-18(10-7-16)31-23(26)19(14-25)20(30-31)5-4-12-28-24(27)29-15-17-8-11-21(32-2)22(13-17)33-3;/h6-11,13H,4-5,12,15,26H2,1-3H3,(H3,27,28,29);1H. The van der Waals surface area contributed by atoms with Crippen molar-refractivity contribution in [2.24, 2.45) is 10.7 Å². The van der Waals surface area contributed by atoms with Gasteiger partial charge in [-0.05, 0) is 49.6 Å². The van der Waals surface area contributed by atoms with Crippen LogP contribution in [-0.2, 0) is 13.0 Å². The van der Waals surface area contributed by atoms with Gasteiger partial charge >= 0.3 is 0 Å². The largest absolute Gasteiger partial charge is 0.493 e. The van der Waals surface area contributed by atoms with Crippen molar-refractivity contribution in [2.75, 3.05) is 26.5 Å². The lowest BCUT2D eigenvalue weighted by atomic mass is 10.1. The zero-order valence-corrected chi connectivity index (χ0v) is 21.9. The summed E-state index contributed by atoms with van der Waals surface area (Å²) in [5.41, 5.74) is 16.2. The van der Waals surface area contributed by atoms with Crippen molar-refractivity contribution in [3.63, 3.8) is 0 Å². The van der Waals surface area contributed by atoms with Crippen LogP contribution in [0.2, 0.25) is 0 Å². The molecule has 5 N–H and O–H groups in total. The molecule has 2 aromatic carbocycles. The fourth-order valence-electron chi connectivity index (χ4n) is 3.34. The normalized spacial score (nSPS) is 10.8. The topological polar surface area (TPSA) is 136 Å². The Morgan fingerprint density at radius 1 is 1.15 bits per heavy atom. The molecule has 1 heterocycles. The molecule has 34 heavy (non-hydrogen) atoms. The van der Waals surface area contributed by atoms with E-state index in [2.05, 4.69) is 21.5 Å². The number of aryl methyl sites for hydroxylation is 2. The second-order valence-corrected chi connectivity index (χ2v) is 7.49. The van der Waals surface area contributed by atoms with E-state index >= 15 is 0 Å². The predicted octanol–water partition coefficient (Wildman–Crippen LogP) is 3.31. The van der Waals surface area contributed by atoms with Crippen LogP contribution in [0.4, 0.5) is 5.82 Å². The third kappa shape index (κ3) is 6.54. The van der Waals surface area contributed by atoms with Crippen molar-refractivity contribution in [2.45, 2.75) is 26.3 Å². The maximum Gasteiger partial charge on any atom is 0.188 e. The molecule has 0 saturated heterocycles. The number of aromatic nitrogens is 2. The van der Waals surface area contributed by atoms with Gasteiger partial charge in [-0.25, -0.2) is 9.67 Å². The van der Waals surface area contributed by atoms with Crippen LogP contribution >= 0.6 is 24.0 Å². The summed E-state index contributed by atoms with van der Waals surface area (Å²) in [6, 6.07) is 15.6. The van der Waals surface area contributed by atoms with Gasteiger partial charge in [0.15, 0.2) is 17.5 Å². The first-order valence-electron chi connectivity index (χ1n) is 10.6. The summed E-state index contributed by atoms with van der Waals surface area (Å²) in [6.45, 7) is 3.01. The second kappa shape index (κ2) is 12.7. The zero-order valence-electron chi connectivity index (χ0n) is 19.5. The van der Waals surface area contributed by atoms with Gasteiger partial charge in [0, 0.05) is 6.54 Å². The molecule has 0 bridgehead atoms. The zero-order chi connectivity index (χ0) is 23.8. The van der Waals surface area contributed by atoms with Crippen LogP contribution in [-0.4, -0.2) is 36.5 Å². The van der Waals surface area contributed by atoms with Crippen molar-refractivity contribution in [1.29, 1.82) is 5.26 Å². The molecule has 9 nitrogen and oxygen atoms in total. The average molecular weight is 575 g/mol. The van der Waals surface area contributed by atoms with Crippen molar-refractivity contribution >= 4 is 35.8 Å². The highest BCUT2D eigenvalue weighted by Crippen LogP contribution is 2.27. The van der Waals surface area contributed by atoms with Crippen LogP contribution in [0.1, 0.15) is 28.8 Å². The molecule has 0 unspecified atom stereocenters. The molecule has 0 aliphatic heterocycles. The van der Waals surface area contributed by atoms with E-state index in [1.54, 1.807) is 18.9 Å². The molecule has 0 radical (unpaired) electrons. The van der Waals surface area contributed by atoms with Gasteiger partial charge in [-0.15, -0.1) is 24.0 Å². The Kier molecular flexibility index (Phi) is 10.0. The van der Waals surface area contributed by atoms with Gasteiger partial charge in [0.2, 0.25) is 0 Å². The van der Waals surface area contributed by atoms with Gasteiger partial charge < -0.3 is 26.3 Å². The molecular weight excluding hydrogens is 545 g/mol. The summed E-state index contributed by atoms with van der Waals surface area (Å²) in [6.07, 6.45) is 1.30. The molecule has 180 valence electrons. The van der Waals surface area contributed by atoms with Crippen LogP contribution < -0.4 is 26.3 Å². The third-order valence-electron chi connectivity index (χ3n) is 5.16. The smallest absolute Gasteiger partial charge is 0.188 e. The van der Waals surface area contributed by atoms with E-state index in [-0.39, 0.29) is 24.0 Å². The van der Waals surface area contributed by atoms with Gasteiger partial charge in [0.1, 0.15) is 17.5 Å². The number of hydrogen-bond acceptors (Lipinski definition) is 6. The number of nitrogens with two attached hydrogens (primary N) is 2. The van der Waals surface area contributed by atoms with Gasteiger partial charge in [-0.2, -0.15) is 10.4 Å². The summed E-state index contributed by atoms with van der Waals surface area (Å²) < 4.78 is 12.2. The monoisotopic (exact) mass is 575 g/mol. The van der Waals surface area contributed by atoms with Crippen molar-refractivity contribution in [1.82, 2.24) is 15.1 Å². The number of guanidine groups is 1. The molecular formula is C24H30IN7O2. The van der Waals surface area contributed by atoms with E-state index in [0.717, 1.165) is 16.8 Å². The molecule has 0 aliphatic rings. The van der Waals surface area contributed by atoms with Crippen LogP contribution in [0.25, 0.3) is 5.69 Å². The van der Waals surface area contributed by atoms with E-state index in [1.165, 1.54) is 0 Å². The minimum atomic E-state index is 0. The minimum Gasteiger partial charge on any atom is -0.493 e. The summed E-state index contributed by atoms with van der Waals surface area (Å²) in [7, 11) is 3.19. The number of nitrogen functional groups attached to an aromatic ring is 1. The quantitative estimate of drug-likeness (QED) is 0.154. The molecule has 3 rings (SSSR count). The Balaban J connectivity index is 0.00000408. The lowest BCUT2D eigenvalue weighted by molar-refractivity contribution is 0.354. The number of nitriles is 1. The first-order valence-corrected chi connectivity index (χ1v) is 10.6. The van der Waals surface area contributed by atoms with E-state index in [0.29, 0.717) is 60.5 Å². The number of aliphatic imine (C=N–C) groups is 1. The molecule has 0 amide bonds. The van der Waals surface area contributed by atoms with Gasteiger partial charge in [-0.3, -0.25) is 0 Å². The Hall–Kier alpha value is -3.46. The molecule has 1 aromatic heterocycles. The number of halogens is 1. The maximum atomic E-state index is 9.54. The number of nitrogens with zero attached hydrogens (tertiary/aromatic N) is 4. The Bertz CT molecular complexity index is 1170. The Morgan fingerprint density at radius 2 is 1.85 bits per heavy atom. The molecule has 0 saturated carbocycles. The third-order valence-corrected chi connectivity index (χ3v) is 5.16. The molecule has 3 aromatic rings. The van der Waals surface area contributed by atoms with Crippen LogP contribution in [0.5, 0.6) is 11.5 Å². The Morgan fingerprint density at radius 3 is 2.50 bits per heavy atom. The first kappa shape index (κ1) is 26.8. The van der Waals surface area contributed by atoms with Crippen LogP contribution in [0.3, 0.4) is 0 Å². The number of hydrogen-bond donors (Lipinski definition) is 3. The van der Waals surface area contributed by atoms with Gasteiger partial charge in [-0.1, -0.05) is 23.8 Å². The molecule has 0 spiro atoms. The van der Waals surface area contributed by atoms with Gasteiger partial charge in [0.05, 0.1) is 32.1 Å². The molecule has 0 fully saturated rings. The number of anilines is 1. The average Bonchev–Trinajstić information content (AvgIpc) is 3.15. The van der Waals surface area contributed by atoms with Crippen molar-refractivity contribution < 1.29 is 9.47 Å². The first-order chi connectivity index (χ1) is 16.0. The number of methoxy groups -OCH3 is 2. The predicted molar refractivity (Wildman–Crippen MR) is 144 cm³/mol. The fourth-order valence-corrected chi connectivity index (χ4v) is 3.34. The summed E-state index contributed by atoms with van der Waals surface area (Å²) >= 11 is 0. The summed E-state index contributed by atoms with van der Waals surface area (Å²) in [5, 5.41) is 17.2. The molecule has 0 aliphatic carbocycles. The number of benzene rings is 2. The number of nitrogens with one attached hydrogen (secondary N) is 1. The number of rotatable bonds is 9. The lowest BCUT2D eigenvalue weighted by Crippen LogP contribution is -2.32. The van der Waals surface area contributed by atoms with E-state index in [4.69, 9.17) is 20.9 Å². The van der Waals surface area contributed by atoms with E-state index in [1.807, 2.05) is 49.4 Å². The highest BCUT2D eigenvalue weighted by Gasteiger charge is 2.16. The van der Waals surface area contributed by atoms with E-state index in [9.17, 15) is 5.26 Å². The van der Waals surface area contributed by atoms with Crippen molar-refractivity contribution in [3.8, 4) is 23.3 Å². The highest BCUT2D eigenvalue weighted by atomic mass is 127.